The van der Waals surface area contributed by atoms with Crippen LogP contribution in [0.2, 0.25) is 0 Å². The maximum atomic E-state index is 4.14. The van der Waals surface area contributed by atoms with Crippen LogP contribution in [0.3, 0.4) is 0 Å². The van der Waals surface area contributed by atoms with Gasteiger partial charge in [0, 0.05) is 23.4 Å². The third kappa shape index (κ3) is 3.72. The Morgan fingerprint density at radius 1 is 1.38 bits per heavy atom. The Balaban J connectivity index is 1.68. The number of rotatable bonds is 5. The lowest BCUT2D eigenvalue weighted by Crippen LogP contribution is -2.15. The number of nitrogens with zero attached hydrogens (tertiary/aromatic N) is 1. The molecule has 0 saturated carbocycles. The van der Waals surface area contributed by atoms with Gasteiger partial charge in [-0.05, 0) is 59.8 Å². The van der Waals surface area contributed by atoms with Gasteiger partial charge in [-0.2, -0.15) is 0 Å². The van der Waals surface area contributed by atoms with E-state index in [0.717, 1.165) is 17.6 Å². The van der Waals surface area contributed by atoms with Crippen LogP contribution < -0.4 is 5.32 Å². The fraction of sp³-hybridized carbons (Fsp3) is 0.462. The average molecular weight is 281 g/mol. The molecule has 1 aliphatic rings. The largest absolute Gasteiger partial charge is 0.312 e. The SMILES string of the molecule is Brc1cncc(CNCCC2=CCCC2)c1. The molecular formula is C13H17BrN2. The van der Waals surface area contributed by atoms with Crippen LogP contribution in [-0.2, 0) is 6.54 Å². The zero-order valence-electron chi connectivity index (χ0n) is 9.38. The molecule has 0 spiro atoms. The normalized spacial score (nSPS) is 15.2. The fourth-order valence-corrected chi connectivity index (χ4v) is 2.41. The molecule has 1 aromatic rings. The highest BCUT2D eigenvalue weighted by Gasteiger charge is 2.03. The quantitative estimate of drug-likeness (QED) is 0.660. The Labute approximate surface area is 105 Å². The summed E-state index contributed by atoms with van der Waals surface area (Å²) in [4.78, 5) is 4.14. The van der Waals surface area contributed by atoms with Gasteiger partial charge in [0.15, 0.2) is 0 Å². The number of hydrogen-bond donors (Lipinski definition) is 1. The van der Waals surface area contributed by atoms with Crippen molar-refractivity contribution in [3.63, 3.8) is 0 Å². The van der Waals surface area contributed by atoms with Crippen LogP contribution in [0.1, 0.15) is 31.2 Å². The van der Waals surface area contributed by atoms with E-state index >= 15 is 0 Å². The van der Waals surface area contributed by atoms with Gasteiger partial charge in [-0.15, -0.1) is 0 Å². The molecule has 0 saturated heterocycles. The van der Waals surface area contributed by atoms with Crippen LogP contribution in [0.15, 0.2) is 34.6 Å². The minimum atomic E-state index is 0.902. The monoisotopic (exact) mass is 280 g/mol. The lowest BCUT2D eigenvalue weighted by atomic mass is 10.1. The molecule has 2 nitrogen and oxygen atoms in total. The van der Waals surface area contributed by atoms with E-state index in [-0.39, 0.29) is 0 Å². The summed E-state index contributed by atoms with van der Waals surface area (Å²) in [7, 11) is 0. The fourth-order valence-electron chi connectivity index (χ4n) is 2.00. The second-order valence-electron chi connectivity index (χ2n) is 4.19. The van der Waals surface area contributed by atoms with Crippen molar-refractivity contribution in [1.29, 1.82) is 0 Å². The van der Waals surface area contributed by atoms with E-state index in [1.54, 1.807) is 5.57 Å². The molecule has 3 heteroatoms. The van der Waals surface area contributed by atoms with Gasteiger partial charge in [0.2, 0.25) is 0 Å². The Morgan fingerprint density at radius 3 is 3.06 bits per heavy atom. The van der Waals surface area contributed by atoms with Crippen molar-refractivity contribution in [3.8, 4) is 0 Å². The maximum absolute atomic E-state index is 4.14. The first kappa shape index (κ1) is 11.8. The van der Waals surface area contributed by atoms with E-state index in [0.29, 0.717) is 0 Å². The Hall–Kier alpha value is -0.670. The van der Waals surface area contributed by atoms with Gasteiger partial charge >= 0.3 is 0 Å². The molecule has 0 atom stereocenters. The molecule has 1 heterocycles. The Bertz CT molecular complexity index is 374. The Morgan fingerprint density at radius 2 is 2.31 bits per heavy atom. The van der Waals surface area contributed by atoms with Gasteiger partial charge in [0.1, 0.15) is 0 Å². The number of pyridine rings is 1. The van der Waals surface area contributed by atoms with Gasteiger partial charge in [0.05, 0.1) is 0 Å². The summed E-state index contributed by atoms with van der Waals surface area (Å²) in [5.41, 5.74) is 2.86. The van der Waals surface area contributed by atoms with E-state index < -0.39 is 0 Å². The lowest BCUT2D eigenvalue weighted by molar-refractivity contribution is 0.674. The van der Waals surface area contributed by atoms with Crippen LogP contribution in [0.5, 0.6) is 0 Å². The standard InChI is InChI=1S/C13H17BrN2/c14-13-7-12(9-16-10-13)8-15-6-5-11-3-1-2-4-11/h3,7,9-10,15H,1-2,4-6,8H2. The third-order valence-electron chi connectivity index (χ3n) is 2.85. The highest BCUT2D eigenvalue weighted by Crippen LogP contribution is 2.19. The molecule has 2 rings (SSSR count). The summed E-state index contributed by atoms with van der Waals surface area (Å²) in [6.45, 7) is 1.97. The predicted molar refractivity (Wildman–Crippen MR) is 70.2 cm³/mol. The number of hydrogen-bond acceptors (Lipinski definition) is 2. The third-order valence-corrected chi connectivity index (χ3v) is 3.28. The summed E-state index contributed by atoms with van der Waals surface area (Å²) >= 11 is 3.43. The first-order chi connectivity index (χ1) is 7.84. The first-order valence-electron chi connectivity index (χ1n) is 5.82. The first-order valence-corrected chi connectivity index (χ1v) is 6.62. The van der Waals surface area contributed by atoms with Crippen molar-refractivity contribution in [2.45, 2.75) is 32.2 Å². The highest BCUT2D eigenvalue weighted by molar-refractivity contribution is 9.10. The van der Waals surface area contributed by atoms with Crippen molar-refractivity contribution in [2.75, 3.05) is 6.54 Å². The van der Waals surface area contributed by atoms with E-state index in [4.69, 9.17) is 0 Å². The molecule has 0 unspecified atom stereocenters. The molecule has 0 aromatic carbocycles. The molecule has 1 N–H and O–H groups in total. The lowest BCUT2D eigenvalue weighted by Gasteiger charge is -2.05. The Kier molecular flexibility index (Phi) is 4.55. The summed E-state index contributed by atoms with van der Waals surface area (Å²) in [6, 6.07) is 2.11. The smallest absolute Gasteiger partial charge is 0.0410 e. The average Bonchev–Trinajstić information content (AvgIpc) is 2.77. The molecule has 16 heavy (non-hydrogen) atoms. The van der Waals surface area contributed by atoms with E-state index in [9.17, 15) is 0 Å². The van der Waals surface area contributed by atoms with Crippen molar-refractivity contribution >= 4 is 15.9 Å². The minimum Gasteiger partial charge on any atom is -0.312 e. The number of nitrogens with one attached hydrogen (secondary N) is 1. The van der Waals surface area contributed by atoms with Gasteiger partial charge in [-0.3, -0.25) is 4.98 Å². The molecule has 0 amide bonds. The molecule has 1 aliphatic carbocycles. The van der Waals surface area contributed by atoms with Crippen LogP contribution in [0, 0.1) is 0 Å². The van der Waals surface area contributed by atoms with Gasteiger partial charge in [-0.1, -0.05) is 11.6 Å². The zero-order valence-corrected chi connectivity index (χ0v) is 11.0. The van der Waals surface area contributed by atoms with Crippen molar-refractivity contribution in [3.05, 3.63) is 40.1 Å². The predicted octanol–water partition coefficient (Wildman–Crippen LogP) is 3.43. The molecular weight excluding hydrogens is 264 g/mol. The van der Waals surface area contributed by atoms with Gasteiger partial charge in [0.25, 0.3) is 0 Å². The number of allylic oxidation sites excluding steroid dienone is 1. The minimum absolute atomic E-state index is 0.902. The highest BCUT2D eigenvalue weighted by atomic mass is 79.9. The van der Waals surface area contributed by atoms with Gasteiger partial charge < -0.3 is 5.32 Å². The van der Waals surface area contributed by atoms with E-state index in [1.807, 2.05) is 12.4 Å². The molecule has 0 radical (unpaired) electrons. The van der Waals surface area contributed by atoms with E-state index in [1.165, 1.54) is 31.2 Å². The van der Waals surface area contributed by atoms with Crippen LogP contribution >= 0.6 is 15.9 Å². The second kappa shape index (κ2) is 6.16. The number of halogens is 1. The summed E-state index contributed by atoms with van der Waals surface area (Å²) in [5.74, 6) is 0. The van der Waals surface area contributed by atoms with Crippen molar-refractivity contribution in [1.82, 2.24) is 10.3 Å². The van der Waals surface area contributed by atoms with Gasteiger partial charge in [-0.25, -0.2) is 0 Å². The summed E-state index contributed by atoms with van der Waals surface area (Å²) in [5, 5.41) is 3.45. The molecule has 86 valence electrons. The van der Waals surface area contributed by atoms with Crippen molar-refractivity contribution < 1.29 is 0 Å². The number of aromatic nitrogens is 1. The summed E-state index contributed by atoms with van der Waals surface area (Å²) in [6.07, 6.45) is 11.2. The van der Waals surface area contributed by atoms with Crippen molar-refractivity contribution in [2.24, 2.45) is 0 Å². The molecule has 0 bridgehead atoms. The van der Waals surface area contributed by atoms with Crippen LogP contribution in [0.25, 0.3) is 0 Å². The molecule has 0 aliphatic heterocycles. The van der Waals surface area contributed by atoms with Crippen LogP contribution in [0.4, 0.5) is 0 Å². The van der Waals surface area contributed by atoms with E-state index in [2.05, 4.69) is 38.4 Å². The van der Waals surface area contributed by atoms with Crippen LogP contribution in [-0.4, -0.2) is 11.5 Å². The molecule has 1 aromatic heterocycles. The summed E-state index contributed by atoms with van der Waals surface area (Å²) < 4.78 is 1.05. The zero-order chi connectivity index (χ0) is 11.2. The maximum Gasteiger partial charge on any atom is 0.0410 e. The molecule has 0 fully saturated rings. The topological polar surface area (TPSA) is 24.9 Å². The second-order valence-corrected chi connectivity index (χ2v) is 5.11.